The molecular formula is C12H15F3N2O. The predicted octanol–water partition coefficient (Wildman–Crippen LogP) is 1.87. The van der Waals surface area contributed by atoms with Crippen molar-refractivity contribution >= 4 is 0 Å². The number of aromatic nitrogens is 1. The molecule has 2 heterocycles. The number of halogens is 3. The second-order valence-electron chi connectivity index (χ2n) is 4.55. The van der Waals surface area contributed by atoms with Crippen molar-refractivity contribution in [1.82, 2.24) is 9.88 Å². The largest absolute Gasteiger partial charge is 0.431 e. The van der Waals surface area contributed by atoms with Crippen molar-refractivity contribution in [2.45, 2.75) is 25.6 Å². The fourth-order valence-electron chi connectivity index (χ4n) is 2.28. The molecule has 100 valence electrons. The number of nitrogens with one attached hydrogen (secondary N) is 1. The van der Waals surface area contributed by atoms with Crippen LogP contribution in [0.4, 0.5) is 13.2 Å². The summed E-state index contributed by atoms with van der Waals surface area (Å²) in [6, 6.07) is 3.29. The van der Waals surface area contributed by atoms with Crippen molar-refractivity contribution < 1.29 is 13.2 Å². The van der Waals surface area contributed by atoms with E-state index in [1.165, 1.54) is 6.07 Å². The Kier molecular flexibility index (Phi) is 3.75. The van der Waals surface area contributed by atoms with Crippen molar-refractivity contribution in [3.8, 4) is 0 Å². The van der Waals surface area contributed by atoms with Crippen LogP contribution in [0.3, 0.4) is 0 Å². The summed E-state index contributed by atoms with van der Waals surface area (Å²) in [5, 5.41) is 3.15. The number of nitrogens with zero attached hydrogens (tertiary/aromatic N) is 1. The molecule has 0 bridgehead atoms. The van der Waals surface area contributed by atoms with Gasteiger partial charge in [-0.1, -0.05) is 6.07 Å². The van der Waals surface area contributed by atoms with Crippen LogP contribution in [-0.2, 0) is 12.7 Å². The smallest absolute Gasteiger partial charge is 0.317 e. The zero-order chi connectivity index (χ0) is 13.2. The molecule has 6 heteroatoms. The standard InChI is InChI=1S/C12H15F3N2O/c13-12(14,15)10-2-1-3-11(18)17(10)8-9-4-6-16-7-5-9/h1-3,9,16H,4-8H2. The zero-order valence-corrected chi connectivity index (χ0v) is 9.83. The average molecular weight is 260 g/mol. The molecule has 0 atom stereocenters. The molecule has 1 fully saturated rings. The Hall–Kier alpha value is -1.30. The van der Waals surface area contributed by atoms with Crippen LogP contribution >= 0.6 is 0 Å². The normalized spacial score (nSPS) is 17.9. The van der Waals surface area contributed by atoms with Gasteiger partial charge < -0.3 is 9.88 Å². The molecule has 3 nitrogen and oxygen atoms in total. The van der Waals surface area contributed by atoms with Gasteiger partial charge in [-0.05, 0) is 37.9 Å². The maximum Gasteiger partial charge on any atom is 0.431 e. The van der Waals surface area contributed by atoms with E-state index in [0.717, 1.165) is 42.6 Å². The van der Waals surface area contributed by atoms with Gasteiger partial charge in [0.15, 0.2) is 0 Å². The van der Waals surface area contributed by atoms with E-state index in [0.29, 0.717) is 0 Å². The molecule has 0 aliphatic carbocycles. The molecular weight excluding hydrogens is 245 g/mol. The Morgan fingerprint density at radius 1 is 1.28 bits per heavy atom. The summed E-state index contributed by atoms with van der Waals surface area (Å²) in [5.41, 5.74) is -1.43. The minimum absolute atomic E-state index is 0.132. The van der Waals surface area contributed by atoms with E-state index in [-0.39, 0.29) is 12.5 Å². The molecule has 1 aromatic rings. The molecule has 2 rings (SSSR count). The third-order valence-electron chi connectivity index (χ3n) is 3.24. The van der Waals surface area contributed by atoms with Crippen molar-refractivity contribution in [3.05, 3.63) is 34.2 Å². The molecule has 1 N–H and O–H groups in total. The maximum atomic E-state index is 12.8. The SMILES string of the molecule is O=c1cccc(C(F)(F)F)n1CC1CCNCC1. The first-order valence-electron chi connectivity index (χ1n) is 5.96. The van der Waals surface area contributed by atoms with Crippen LogP contribution in [0.2, 0.25) is 0 Å². The third kappa shape index (κ3) is 2.93. The molecule has 1 aliphatic rings. The first kappa shape index (κ1) is 13.1. The quantitative estimate of drug-likeness (QED) is 0.880. The number of piperidine rings is 1. The van der Waals surface area contributed by atoms with Crippen LogP contribution in [0.15, 0.2) is 23.0 Å². The Bertz CT molecular complexity index is 461. The molecule has 0 spiro atoms. The molecule has 18 heavy (non-hydrogen) atoms. The highest BCUT2D eigenvalue weighted by Crippen LogP contribution is 2.29. The Balaban J connectivity index is 2.28. The molecule has 0 aromatic carbocycles. The fraction of sp³-hybridized carbons (Fsp3) is 0.583. The van der Waals surface area contributed by atoms with Gasteiger partial charge in [-0.2, -0.15) is 13.2 Å². The van der Waals surface area contributed by atoms with Gasteiger partial charge in [-0.15, -0.1) is 0 Å². The van der Waals surface area contributed by atoms with Crippen LogP contribution in [0.5, 0.6) is 0 Å². The lowest BCUT2D eigenvalue weighted by Gasteiger charge is -2.25. The van der Waals surface area contributed by atoms with Gasteiger partial charge in [0.25, 0.3) is 5.56 Å². The first-order valence-corrected chi connectivity index (χ1v) is 5.96. The van der Waals surface area contributed by atoms with Crippen LogP contribution in [-0.4, -0.2) is 17.7 Å². The van der Waals surface area contributed by atoms with Gasteiger partial charge in [-0.3, -0.25) is 4.79 Å². The van der Waals surface area contributed by atoms with E-state index in [1.807, 2.05) is 0 Å². The lowest BCUT2D eigenvalue weighted by molar-refractivity contribution is -0.144. The van der Waals surface area contributed by atoms with E-state index >= 15 is 0 Å². The maximum absolute atomic E-state index is 12.8. The highest BCUT2D eigenvalue weighted by atomic mass is 19.4. The molecule has 1 aliphatic heterocycles. The molecule has 0 radical (unpaired) electrons. The van der Waals surface area contributed by atoms with Gasteiger partial charge in [0.2, 0.25) is 0 Å². The van der Waals surface area contributed by atoms with E-state index in [2.05, 4.69) is 5.32 Å². The summed E-state index contributed by atoms with van der Waals surface area (Å²) in [7, 11) is 0. The van der Waals surface area contributed by atoms with Crippen molar-refractivity contribution in [3.63, 3.8) is 0 Å². The summed E-state index contributed by atoms with van der Waals surface area (Å²) in [6.45, 7) is 1.75. The van der Waals surface area contributed by atoms with Crippen LogP contribution in [0.25, 0.3) is 0 Å². The van der Waals surface area contributed by atoms with Crippen molar-refractivity contribution in [1.29, 1.82) is 0 Å². The number of rotatable bonds is 2. The topological polar surface area (TPSA) is 34.0 Å². The second-order valence-corrected chi connectivity index (χ2v) is 4.55. The molecule has 0 amide bonds. The number of hydrogen-bond donors (Lipinski definition) is 1. The average Bonchev–Trinajstić information content (AvgIpc) is 2.32. The van der Waals surface area contributed by atoms with Crippen LogP contribution in [0, 0.1) is 5.92 Å². The van der Waals surface area contributed by atoms with Gasteiger partial charge in [0, 0.05) is 12.6 Å². The van der Waals surface area contributed by atoms with E-state index in [9.17, 15) is 18.0 Å². The minimum atomic E-state index is -4.48. The summed E-state index contributed by atoms with van der Waals surface area (Å²) in [5.74, 6) is 0.132. The van der Waals surface area contributed by atoms with E-state index in [1.54, 1.807) is 0 Å². The molecule has 1 aromatic heterocycles. The molecule has 1 saturated heterocycles. The first-order chi connectivity index (χ1) is 8.48. The minimum Gasteiger partial charge on any atom is -0.317 e. The Labute approximate surface area is 103 Å². The van der Waals surface area contributed by atoms with Gasteiger partial charge in [-0.25, -0.2) is 0 Å². The lowest BCUT2D eigenvalue weighted by atomic mass is 9.98. The van der Waals surface area contributed by atoms with Gasteiger partial charge >= 0.3 is 6.18 Å². The number of alkyl halides is 3. The highest BCUT2D eigenvalue weighted by molar-refractivity contribution is 5.10. The lowest BCUT2D eigenvalue weighted by Crippen LogP contribution is -2.34. The summed E-state index contributed by atoms with van der Waals surface area (Å²) >= 11 is 0. The highest BCUT2D eigenvalue weighted by Gasteiger charge is 2.34. The Morgan fingerprint density at radius 2 is 1.94 bits per heavy atom. The van der Waals surface area contributed by atoms with E-state index in [4.69, 9.17) is 0 Å². The monoisotopic (exact) mass is 260 g/mol. The van der Waals surface area contributed by atoms with Gasteiger partial charge in [0.05, 0.1) is 0 Å². The number of hydrogen-bond acceptors (Lipinski definition) is 2. The summed E-state index contributed by atoms with van der Waals surface area (Å²) in [6.07, 6.45) is -2.87. The third-order valence-corrected chi connectivity index (χ3v) is 3.24. The van der Waals surface area contributed by atoms with Crippen molar-refractivity contribution in [2.75, 3.05) is 13.1 Å². The van der Waals surface area contributed by atoms with E-state index < -0.39 is 17.4 Å². The second kappa shape index (κ2) is 5.14. The van der Waals surface area contributed by atoms with Crippen molar-refractivity contribution in [2.24, 2.45) is 5.92 Å². The zero-order valence-electron chi connectivity index (χ0n) is 9.83. The summed E-state index contributed by atoms with van der Waals surface area (Å²) in [4.78, 5) is 11.6. The number of pyridine rings is 1. The molecule has 0 saturated carbocycles. The van der Waals surface area contributed by atoms with Crippen LogP contribution < -0.4 is 10.9 Å². The molecule has 0 unspecified atom stereocenters. The Morgan fingerprint density at radius 3 is 2.56 bits per heavy atom. The fourth-order valence-corrected chi connectivity index (χ4v) is 2.28. The predicted molar refractivity (Wildman–Crippen MR) is 61.3 cm³/mol. The van der Waals surface area contributed by atoms with Crippen LogP contribution in [0.1, 0.15) is 18.5 Å². The van der Waals surface area contributed by atoms with Gasteiger partial charge in [0.1, 0.15) is 5.69 Å². The summed E-state index contributed by atoms with van der Waals surface area (Å²) < 4.78 is 39.3.